The van der Waals surface area contributed by atoms with E-state index in [0.29, 0.717) is 13.0 Å². The molecule has 0 bridgehead atoms. The molecular weight excluding hydrogens is 338 g/mol. The maximum Gasteiger partial charge on any atom is 0.245 e. The minimum Gasteiger partial charge on any atom is -0.349 e. The van der Waals surface area contributed by atoms with E-state index in [2.05, 4.69) is 25.8 Å². The zero-order valence-electron chi connectivity index (χ0n) is 14.0. The van der Waals surface area contributed by atoms with Gasteiger partial charge in [-0.05, 0) is 22.2 Å². The number of hydrogen-bond donors (Lipinski definition) is 1. The third-order valence-corrected chi connectivity index (χ3v) is 4.67. The summed E-state index contributed by atoms with van der Waals surface area (Å²) in [5, 5.41) is 15.1. The first-order valence-corrected chi connectivity index (χ1v) is 9.00. The summed E-state index contributed by atoms with van der Waals surface area (Å²) >= 11 is 1.57. The normalized spacial score (nSPS) is 12.1. The van der Waals surface area contributed by atoms with Gasteiger partial charge >= 0.3 is 0 Å². The number of hydrogen-bond acceptors (Lipinski definition) is 6. The van der Waals surface area contributed by atoms with Crippen LogP contribution in [0.4, 0.5) is 0 Å². The molecule has 0 aliphatic heterocycles. The van der Waals surface area contributed by atoms with Crippen molar-refractivity contribution in [3.05, 3.63) is 54.1 Å². The molecule has 0 saturated heterocycles. The van der Waals surface area contributed by atoms with Gasteiger partial charge in [-0.2, -0.15) is 0 Å². The van der Waals surface area contributed by atoms with E-state index in [1.165, 1.54) is 11.0 Å². The van der Waals surface area contributed by atoms with E-state index in [-0.39, 0.29) is 5.91 Å². The molecule has 2 aromatic heterocycles. The fourth-order valence-corrected chi connectivity index (χ4v) is 3.08. The van der Waals surface area contributed by atoms with Gasteiger partial charge in [-0.3, -0.25) is 4.79 Å². The third kappa shape index (κ3) is 4.05. The minimum absolute atomic E-state index is 0.136. The number of imidazole rings is 1. The predicted molar refractivity (Wildman–Crippen MR) is 93.8 cm³/mol. The Morgan fingerprint density at radius 3 is 2.76 bits per heavy atom. The van der Waals surface area contributed by atoms with Crippen molar-refractivity contribution in [3.8, 4) is 0 Å². The number of amides is 1. The van der Waals surface area contributed by atoms with Crippen molar-refractivity contribution in [2.24, 2.45) is 7.05 Å². The summed E-state index contributed by atoms with van der Waals surface area (Å²) in [4.78, 5) is 17.1. The Morgan fingerprint density at radius 2 is 2.12 bits per heavy atom. The zero-order chi connectivity index (χ0) is 17.6. The SMILES string of the molecule is CSc1ncc(CNC(=O)C(Cc2ccccc2)n2cnnn2)n1C. The van der Waals surface area contributed by atoms with E-state index in [1.807, 2.05) is 48.2 Å². The molecule has 0 aliphatic rings. The molecule has 3 rings (SSSR count). The van der Waals surface area contributed by atoms with E-state index in [4.69, 9.17) is 0 Å². The second-order valence-electron chi connectivity index (χ2n) is 5.51. The number of carbonyl (C=O) groups is 1. The highest BCUT2D eigenvalue weighted by Crippen LogP contribution is 2.15. The van der Waals surface area contributed by atoms with E-state index >= 15 is 0 Å². The molecule has 0 fully saturated rings. The molecular formula is C16H19N7OS. The van der Waals surface area contributed by atoms with Crippen LogP contribution in [0.1, 0.15) is 17.3 Å². The van der Waals surface area contributed by atoms with E-state index in [9.17, 15) is 4.79 Å². The molecule has 8 nitrogen and oxygen atoms in total. The van der Waals surface area contributed by atoms with Crippen LogP contribution in [0.3, 0.4) is 0 Å². The van der Waals surface area contributed by atoms with Crippen LogP contribution in [-0.4, -0.2) is 41.9 Å². The molecule has 1 N–H and O–H groups in total. The molecule has 1 unspecified atom stereocenters. The lowest BCUT2D eigenvalue weighted by Crippen LogP contribution is -2.34. The van der Waals surface area contributed by atoms with Gasteiger partial charge in [0.25, 0.3) is 0 Å². The highest BCUT2D eigenvalue weighted by Gasteiger charge is 2.22. The van der Waals surface area contributed by atoms with Gasteiger partial charge < -0.3 is 9.88 Å². The number of aromatic nitrogens is 6. The number of rotatable bonds is 7. The Morgan fingerprint density at radius 1 is 1.32 bits per heavy atom. The lowest BCUT2D eigenvalue weighted by Gasteiger charge is -2.16. The molecule has 0 saturated carbocycles. The smallest absolute Gasteiger partial charge is 0.245 e. The number of benzene rings is 1. The fourth-order valence-electron chi connectivity index (χ4n) is 2.53. The molecule has 130 valence electrons. The van der Waals surface area contributed by atoms with Crippen molar-refractivity contribution < 1.29 is 4.79 Å². The monoisotopic (exact) mass is 357 g/mol. The molecule has 1 amide bonds. The topological polar surface area (TPSA) is 90.5 Å². The summed E-state index contributed by atoms with van der Waals surface area (Å²) in [6.45, 7) is 0.399. The lowest BCUT2D eigenvalue weighted by atomic mass is 10.1. The van der Waals surface area contributed by atoms with Crippen LogP contribution in [0.15, 0.2) is 48.0 Å². The summed E-state index contributed by atoms with van der Waals surface area (Å²) in [5.41, 5.74) is 1.98. The Bertz CT molecular complexity index is 816. The van der Waals surface area contributed by atoms with Crippen LogP contribution >= 0.6 is 11.8 Å². The van der Waals surface area contributed by atoms with Crippen molar-refractivity contribution in [2.75, 3.05) is 6.26 Å². The second kappa shape index (κ2) is 7.93. The predicted octanol–water partition coefficient (Wildman–Crippen LogP) is 1.23. The van der Waals surface area contributed by atoms with Crippen LogP contribution in [0.2, 0.25) is 0 Å². The quantitative estimate of drug-likeness (QED) is 0.640. The number of tetrazole rings is 1. The average molecular weight is 357 g/mol. The van der Waals surface area contributed by atoms with Gasteiger partial charge in [-0.25, -0.2) is 9.67 Å². The van der Waals surface area contributed by atoms with Gasteiger partial charge in [-0.1, -0.05) is 42.1 Å². The standard InChI is InChI=1S/C16H19N7OS/c1-22-13(10-18-16(22)25-2)9-17-15(24)14(23-11-19-20-21-23)8-12-6-4-3-5-7-12/h3-7,10-11,14H,8-9H2,1-2H3,(H,17,24). The Kier molecular flexibility index (Phi) is 5.44. The van der Waals surface area contributed by atoms with Gasteiger partial charge in [0.15, 0.2) is 5.16 Å². The highest BCUT2D eigenvalue weighted by molar-refractivity contribution is 7.98. The first-order valence-electron chi connectivity index (χ1n) is 7.77. The van der Waals surface area contributed by atoms with Gasteiger partial charge in [0.1, 0.15) is 12.4 Å². The van der Waals surface area contributed by atoms with Crippen molar-refractivity contribution in [1.82, 2.24) is 35.1 Å². The first kappa shape index (κ1) is 17.2. The molecule has 0 spiro atoms. The number of carbonyl (C=O) groups excluding carboxylic acids is 1. The molecule has 25 heavy (non-hydrogen) atoms. The Hall–Kier alpha value is -2.68. The largest absolute Gasteiger partial charge is 0.349 e. The second-order valence-corrected chi connectivity index (χ2v) is 6.28. The molecule has 0 aliphatic carbocycles. The Labute approximate surface area is 149 Å². The van der Waals surface area contributed by atoms with Crippen LogP contribution in [0.25, 0.3) is 0 Å². The third-order valence-electron chi connectivity index (χ3n) is 3.93. The maximum absolute atomic E-state index is 12.7. The van der Waals surface area contributed by atoms with Crippen molar-refractivity contribution in [1.29, 1.82) is 0 Å². The van der Waals surface area contributed by atoms with Gasteiger partial charge in [0, 0.05) is 13.5 Å². The van der Waals surface area contributed by atoms with Crippen molar-refractivity contribution >= 4 is 17.7 Å². The molecule has 0 radical (unpaired) electrons. The molecule has 3 aromatic rings. The van der Waals surface area contributed by atoms with Gasteiger partial charge in [0.2, 0.25) is 5.91 Å². The van der Waals surface area contributed by atoms with Crippen LogP contribution in [-0.2, 0) is 24.8 Å². The van der Waals surface area contributed by atoms with Crippen LogP contribution in [0.5, 0.6) is 0 Å². The number of nitrogens with one attached hydrogen (secondary N) is 1. The lowest BCUT2D eigenvalue weighted by molar-refractivity contribution is -0.124. The maximum atomic E-state index is 12.7. The van der Waals surface area contributed by atoms with Crippen LogP contribution < -0.4 is 5.32 Å². The van der Waals surface area contributed by atoms with E-state index in [0.717, 1.165) is 16.4 Å². The van der Waals surface area contributed by atoms with Crippen molar-refractivity contribution in [3.63, 3.8) is 0 Å². The number of nitrogens with zero attached hydrogens (tertiary/aromatic N) is 6. The summed E-state index contributed by atoms with van der Waals surface area (Å²) in [7, 11) is 1.93. The molecule has 1 atom stereocenters. The Balaban J connectivity index is 1.72. The fraction of sp³-hybridized carbons (Fsp3) is 0.312. The minimum atomic E-state index is -0.509. The average Bonchev–Trinajstić information content (AvgIpc) is 3.28. The number of thioether (sulfide) groups is 1. The summed E-state index contributed by atoms with van der Waals surface area (Å²) in [5.74, 6) is -0.136. The molecule has 2 heterocycles. The first-order chi connectivity index (χ1) is 12.2. The van der Waals surface area contributed by atoms with E-state index in [1.54, 1.807) is 18.0 Å². The highest BCUT2D eigenvalue weighted by atomic mass is 32.2. The van der Waals surface area contributed by atoms with Gasteiger partial charge in [-0.15, -0.1) is 5.10 Å². The van der Waals surface area contributed by atoms with Gasteiger partial charge in [0.05, 0.1) is 18.4 Å². The molecule has 1 aromatic carbocycles. The summed E-state index contributed by atoms with van der Waals surface area (Å²) in [6, 6.07) is 9.30. The zero-order valence-corrected chi connectivity index (χ0v) is 14.8. The molecule has 9 heteroatoms. The summed E-state index contributed by atoms with van der Waals surface area (Å²) in [6.07, 6.45) is 5.72. The van der Waals surface area contributed by atoms with Crippen molar-refractivity contribution in [2.45, 2.75) is 24.2 Å². The summed E-state index contributed by atoms with van der Waals surface area (Å²) < 4.78 is 3.45. The van der Waals surface area contributed by atoms with E-state index < -0.39 is 6.04 Å². The van der Waals surface area contributed by atoms with Crippen LogP contribution in [0, 0.1) is 0 Å².